The van der Waals surface area contributed by atoms with Gasteiger partial charge >= 0.3 is 30.2 Å². The molecule has 0 fully saturated rings. The molecule has 0 aliphatic heterocycles. The highest BCUT2D eigenvalue weighted by Crippen LogP contribution is 2.50. The molecule has 0 aromatic heterocycles. The molecule has 0 amide bonds. The van der Waals surface area contributed by atoms with Gasteiger partial charge in [0.05, 0.1) is 10.9 Å². The third kappa shape index (κ3) is 7.20. The lowest BCUT2D eigenvalue weighted by molar-refractivity contribution is -0.486. The van der Waals surface area contributed by atoms with Crippen LogP contribution in [0.15, 0.2) is 106 Å². The molecule has 15 heteroatoms. The van der Waals surface area contributed by atoms with Gasteiger partial charge in [0.2, 0.25) is 0 Å². The van der Waals surface area contributed by atoms with Crippen molar-refractivity contribution in [2.24, 2.45) is 0 Å². The maximum Gasteiger partial charge on any atom is 0.462 e. The number of hydrogen-bond acceptors (Lipinski definition) is 3. The van der Waals surface area contributed by atoms with Gasteiger partial charge in [-0.25, -0.2) is 0 Å². The van der Waals surface area contributed by atoms with Gasteiger partial charge in [0, 0.05) is 0 Å². The molecule has 0 radical (unpaired) electrons. The van der Waals surface area contributed by atoms with Gasteiger partial charge < -0.3 is 9.90 Å². The van der Waals surface area contributed by atoms with Gasteiger partial charge in [0.25, 0.3) is 0 Å². The van der Waals surface area contributed by atoms with Crippen molar-refractivity contribution in [2.45, 2.75) is 44.9 Å². The molecule has 0 aliphatic rings. The van der Waals surface area contributed by atoms with E-state index in [2.05, 4.69) is 91.0 Å². The molecule has 0 saturated carbocycles. The zero-order valence-electron chi connectivity index (χ0n) is 19.0. The van der Waals surface area contributed by atoms with Gasteiger partial charge in [0.1, 0.15) is 5.97 Å². The maximum atomic E-state index is 12.6. The van der Waals surface area contributed by atoms with Gasteiger partial charge in [-0.3, -0.25) is 4.74 Å². The van der Waals surface area contributed by atoms with Crippen molar-refractivity contribution in [3.63, 3.8) is 0 Å². The summed E-state index contributed by atoms with van der Waals surface area (Å²) in [6, 6.07) is 32.2. The first-order chi connectivity index (χ1) is 17.8. The van der Waals surface area contributed by atoms with Gasteiger partial charge in [0.15, 0.2) is 14.7 Å². The van der Waals surface area contributed by atoms with E-state index in [1.54, 1.807) is 4.74 Å². The molecule has 0 bridgehead atoms. The Bertz CT molecular complexity index is 1110. The molecule has 0 saturated heterocycles. The molecule has 0 aliphatic carbocycles. The molecule has 3 aromatic rings. The fourth-order valence-corrected chi connectivity index (χ4v) is 4.80. The zero-order chi connectivity index (χ0) is 29.7. The van der Waals surface area contributed by atoms with Crippen molar-refractivity contribution in [3.05, 3.63) is 91.0 Å². The molecule has 39 heavy (non-hydrogen) atoms. The van der Waals surface area contributed by atoms with Crippen LogP contribution < -0.4 is 5.11 Å². The van der Waals surface area contributed by atoms with Crippen LogP contribution in [0.1, 0.15) is 0 Å². The SMILES string of the molecule is O=C([O-])C(F)(OC(F)(F)C(F)(F)C(F)(F)F)C(F)(F)F.c1ccc([S+](c2ccccc2)c2ccccc2)cc1. The van der Waals surface area contributed by atoms with E-state index in [9.17, 15) is 58.2 Å². The summed E-state index contributed by atoms with van der Waals surface area (Å²) < 4.78 is 133. The summed E-state index contributed by atoms with van der Waals surface area (Å²) in [6.45, 7) is 0. The number of carbonyl (C=O) groups excluding carboxylic acids is 1. The Hall–Kier alpha value is -3.33. The fourth-order valence-electron chi connectivity index (χ4n) is 2.70. The van der Waals surface area contributed by atoms with Crippen LogP contribution in [0.25, 0.3) is 0 Å². The highest BCUT2D eigenvalue weighted by Gasteiger charge is 2.78. The largest absolute Gasteiger partial charge is 0.544 e. The molecule has 0 heterocycles. The van der Waals surface area contributed by atoms with E-state index < -0.39 is 36.2 Å². The Kier molecular flexibility index (Phi) is 9.66. The molecular weight excluding hydrogens is 577 g/mol. The molecule has 3 nitrogen and oxygen atoms in total. The number of hydrogen-bond donors (Lipinski definition) is 0. The minimum Gasteiger partial charge on any atom is -0.544 e. The van der Waals surface area contributed by atoms with E-state index in [-0.39, 0.29) is 10.9 Å². The predicted octanol–water partition coefficient (Wildman–Crippen LogP) is 6.55. The van der Waals surface area contributed by atoms with E-state index in [1.807, 2.05) is 0 Å². The first-order valence-corrected chi connectivity index (χ1v) is 11.5. The van der Waals surface area contributed by atoms with Crippen LogP contribution in [0.2, 0.25) is 0 Å². The van der Waals surface area contributed by atoms with Crippen LogP contribution in [-0.2, 0) is 20.4 Å². The highest BCUT2D eigenvalue weighted by molar-refractivity contribution is 7.97. The molecule has 0 N–H and O–H groups in total. The second-order valence-electron chi connectivity index (χ2n) is 7.32. The van der Waals surface area contributed by atoms with Gasteiger partial charge in [-0.05, 0) is 36.4 Å². The number of aliphatic carboxylic acids is 1. The molecule has 212 valence electrons. The van der Waals surface area contributed by atoms with Crippen molar-refractivity contribution in [1.29, 1.82) is 0 Å². The Morgan fingerprint density at radius 3 is 1.10 bits per heavy atom. The third-order valence-corrected chi connectivity index (χ3v) is 6.78. The van der Waals surface area contributed by atoms with E-state index in [0.717, 1.165) is 0 Å². The number of benzene rings is 3. The maximum absolute atomic E-state index is 12.6. The lowest BCUT2D eigenvalue weighted by Gasteiger charge is -2.35. The minimum atomic E-state index is -7.29. The Balaban J connectivity index is 0.000000273. The average molecular weight is 592 g/mol. The van der Waals surface area contributed by atoms with Crippen molar-refractivity contribution in [2.75, 3.05) is 0 Å². The Morgan fingerprint density at radius 1 is 0.564 bits per heavy atom. The monoisotopic (exact) mass is 592 g/mol. The zero-order valence-corrected chi connectivity index (χ0v) is 19.8. The van der Waals surface area contributed by atoms with Crippen molar-refractivity contribution < 1.29 is 62.9 Å². The smallest absolute Gasteiger partial charge is 0.462 e. The van der Waals surface area contributed by atoms with Gasteiger partial charge in [-0.2, -0.15) is 48.3 Å². The normalized spacial score (nSPS) is 14.3. The highest BCUT2D eigenvalue weighted by atomic mass is 32.2. The topological polar surface area (TPSA) is 49.4 Å². The molecular formula is C24H15F11O3S. The van der Waals surface area contributed by atoms with E-state index in [4.69, 9.17) is 0 Å². The number of carboxylic acid groups (broad SMARTS) is 1. The van der Waals surface area contributed by atoms with E-state index >= 15 is 0 Å². The summed E-state index contributed by atoms with van der Waals surface area (Å²) in [4.78, 5) is 13.8. The van der Waals surface area contributed by atoms with Crippen molar-refractivity contribution in [3.8, 4) is 0 Å². The van der Waals surface area contributed by atoms with Gasteiger partial charge in [-0.1, -0.05) is 54.6 Å². The molecule has 1 atom stereocenters. The molecule has 3 aromatic carbocycles. The van der Waals surface area contributed by atoms with Crippen LogP contribution in [0.5, 0.6) is 0 Å². The number of alkyl halides is 11. The summed E-state index contributed by atoms with van der Waals surface area (Å²) in [7, 11) is -0.0146. The summed E-state index contributed by atoms with van der Waals surface area (Å²) in [5, 5.41) is 9.73. The number of carboxylic acids is 1. The van der Waals surface area contributed by atoms with Crippen LogP contribution in [0.4, 0.5) is 48.3 Å². The standard InChI is InChI=1S/C18H15S.C6HF11O3/c1-4-10-16(11-5-1)19(17-12-6-2-7-13-17)18-14-8-3-9-15-18;7-2(1(18)19,4(10,11)12)20-6(16,17)3(8,9)5(13,14)15/h1-15H;(H,18,19)/q+1;/p-1. The average Bonchev–Trinajstić information content (AvgIpc) is 2.85. The lowest BCUT2D eigenvalue weighted by Crippen LogP contribution is -2.64. The van der Waals surface area contributed by atoms with Crippen molar-refractivity contribution >= 4 is 16.9 Å². The Morgan fingerprint density at radius 2 is 0.872 bits per heavy atom. The van der Waals surface area contributed by atoms with Gasteiger partial charge in [-0.15, -0.1) is 0 Å². The minimum absolute atomic E-state index is 0.0146. The summed E-state index contributed by atoms with van der Waals surface area (Å²) in [5.74, 6) is -18.0. The van der Waals surface area contributed by atoms with Crippen LogP contribution in [0, 0.1) is 0 Å². The van der Waals surface area contributed by atoms with Crippen LogP contribution in [-0.4, -0.2) is 36.2 Å². The first-order valence-electron chi connectivity index (χ1n) is 10.2. The molecule has 0 spiro atoms. The van der Waals surface area contributed by atoms with Crippen molar-refractivity contribution in [1.82, 2.24) is 0 Å². The molecule has 1 unspecified atom stereocenters. The second kappa shape index (κ2) is 11.8. The number of rotatable bonds is 7. The summed E-state index contributed by atoms with van der Waals surface area (Å²) in [6.07, 6.45) is -21.2. The summed E-state index contributed by atoms with van der Waals surface area (Å²) >= 11 is 0. The Labute approximate surface area is 216 Å². The van der Waals surface area contributed by atoms with E-state index in [1.165, 1.54) is 14.7 Å². The fraction of sp³-hybridized carbons (Fsp3) is 0.208. The third-order valence-electron chi connectivity index (χ3n) is 4.55. The number of carbonyl (C=O) groups is 1. The summed E-state index contributed by atoms with van der Waals surface area (Å²) in [5.41, 5.74) is 0. The van der Waals surface area contributed by atoms with Crippen LogP contribution >= 0.6 is 0 Å². The lowest BCUT2D eigenvalue weighted by atomic mass is 10.2. The van der Waals surface area contributed by atoms with E-state index in [0.29, 0.717) is 0 Å². The first kappa shape index (κ1) is 31.9. The van der Waals surface area contributed by atoms with Crippen LogP contribution in [0.3, 0.4) is 0 Å². The predicted molar refractivity (Wildman–Crippen MR) is 113 cm³/mol. The quantitative estimate of drug-likeness (QED) is 0.231. The second-order valence-corrected chi connectivity index (χ2v) is 9.34. The number of ether oxygens (including phenoxy) is 1. The number of halogens is 11. The molecule has 3 rings (SSSR count).